The number of anilines is 1. The maximum absolute atomic E-state index is 12.8. The van der Waals surface area contributed by atoms with Crippen molar-refractivity contribution in [3.63, 3.8) is 0 Å². The molecule has 0 saturated carbocycles. The number of hydrogen-bond acceptors (Lipinski definition) is 3. The van der Waals surface area contributed by atoms with Crippen LogP contribution in [0.2, 0.25) is 0 Å². The van der Waals surface area contributed by atoms with E-state index in [1.807, 2.05) is 18.7 Å². The van der Waals surface area contributed by atoms with Crippen molar-refractivity contribution in [2.75, 3.05) is 25.0 Å². The number of carbonyl (C=O) groups excluding carboxylic acids is 1. The normalized spacial score (nSPS) is 11.8. The van der Waals surface area contributed by atoms with Gasteiger partial charge in [-0.2, -0.15) is 13.2 Å². The van der Waals surface area contributed by atoms with E-state index in [2.05, 4.69) is 5.32 Å². The van der Waals surface area contributed by atoms with Gasteiger partial charge in [-0.05, 0) is 36.9 Å². The van der Waals surface area contributed by atoms with Crippen LogP contribution in [-0.2, 0) is 17.5 Å². The first-order chi connectivity index (χ1) is 9.79. The molecule has 0 radical (unpaired) electrons. The summed E-state index contributed by atoms with van der Waals surface area (Å²) in [5, 5.41) is 2.49. The summed E-state index contributed by atoms with van der Waals surface area (Å²) < 4.78 is 38.3. The van der Waals surface area contributed by atoms with Gasteiger partial charge in [0.2, 0.25) is 5.91 Å². The number of nitrogens with zero attached hydrogens (tertiary/aromatic N) is 1. The molecule has 0 unspecified atom stereocenters. The van der Waals surface area contributed by atoms with Gasteiger partial charge in [-0.1, -0.05) is 13.8 Å². The standard InChI is InChI=1S/C14H20F3N3O/c1-3-20(4-2)9-13(21)19-12-6-10(8-18)5-11(7-12)14(15,16)17/h5-7H,3-4,8-9,18H2,1-2H3,(H,19,21). The van der Waals surface area contributed by atoms with Crippen LogP contribution < -0.4 is 11.1 Å². The Hall–Kier alpha value is -1.60. The maximum Gasteiger partial charge on any atom is 0.416 e. The highest BCUT2D eigenvalue weighted by atomic mass is 19.4. The minimum absolute atomic E-state index is 0.0250. The second kappa shape index (κ2) is 7.42. The molecule has 1 aromatic rings. The van der Waals surface area contributed by atoms with E-state index in [9.17, 15) is 18.0 Å². The van der Waals surface area contributed by atoms with Crippen molar-refractivity contribution in [3.05, 3.63) is 29.3 Å². The second-order valence-corrected chi connectivity index (χ2v) is 4.63. The Bertz CT molecular complexity index is 485. The van der Waals surface area contributed by atoms with E-state index in [0.717, 1.165) is 12.1 Å². The van der Waals surface area contributed by atoms with Crippen LogP contribution >= 0.6 is 0 Å². The van der Waals surface area contributed by atoms with Gasteiger partial charge in [-0.25, -0.2) is 0 Å². The Morgan fingerprint density at radius 3 is 2.33 bits per heavy atom. The van der Waals surface area contributed by atoms with Crippen LogP contribution in [-0.4, -0.2) is 30.4 Å². The highest BCUT2D eigenvalue weighted by molar-refractivity contribution is 5.92. The van der Waals surface area contributed by atoms with E-state index >= 15 is 0 Å². The zero-order chi connectivity index (χ0) is 16.0. The molecule has 7 heteroatoms. The number of nitrogens with one attached hydrogen (secondary N) is 1. The molecule has 21 heavy (non-hydrogen) atoms. The summed E-state index contributed by atoms with van der Waals surface area (Å²) in [5.41, 5.74) is 5.02. The van der Waals surface area contributed by atoms with Crippen LogP contribution in [0.1, 0.15) is 25.0 Å². The predicted molar refractivity (Wildman–Crippen MR) is 75.8 cm³/mol. The first kappa shape index (κ1) is 17.5. The first-order valence-corrected chi connectivity index (χ1v) is 6.73. The van der Waals surface area contributed by atoms with Crippen molar-refractivity contribution in [1.29, 1.82) is 0 Å². The molecule has 1 rings (SSSR count). The summed E-state index contributed by atoms with van der Waals surface area (Å²) in [5.74, 6) is -0.346. The minimum atomic E-state index is -4.47. The van der Waals surface area contributed by atoms with E-state index in [-0.39, 0.29) is 24.7 Å². The van der Waals surface area contributed by atoms with Crippen molar-refractivity contribution in [1.82, 2.24) is 4.90 Å². The highest BCUT2D eigenvalue weighted by Crippen LogP contribution is 2.31. The van der Waals surface area contributed by atoms with Crippen molar-refractivity contribution >= 4 is 11.6 Å². The molecule has 0 aliphatic rings. The second-order valence-electron chi connectivity index (χ2n) is 4.63. The molecule has 0 spiro atoms. The molecule has 0 saturated heterocycles. The molecule has 0 bridgehead atoms. The van der Waals surface area contributed by atoms with Gasteiger partial charge in [0.25, 0.3) is 0 Å². The van der Waals surface area contributed by atoms with Crippen LogP contribution in [0, 0.1) is 0 Å². The lowest BCUT2D eigenvalue weighted by atomic mass is 10.1. The number of hydrogen-bond donors (Lipinski definition) is 2. The Labute approximate surface area is 122 Å². The summed E-state index contributed by atoms with van der Waals surface area (Å²) in [7, 11) is 0. The fraction of sp³-hybridized carbons (Fsp3) is 0.500. The maximum atomic E-state index is 12.8. The molecule has 0 heterocycles. The van der Waals surface area contributed by atoms with Gasteiger partial charge in [0.1, 0.15) is 0 Å². The fourth-order valence-electron chi connectivity index (χ4n) is 1.90. The zero-order valence-corrected chi connectivity index (χ0v) is 12.1. The summed E-state index contributed by atoms with van der Waals surface area (Å²) in [6, 6.07) is 3.36. The van der Waals surface area contributed by atoms with Crippen molar-refractivity contribution in [2.45, 2.75) is 26.6 Å². The molecule has 0 fully saturated rings. The molecular weight excluding hydrogens is 283 g/mol. The summed E-state index contributed by atoms with van der Waals surface area (Å²) >= 11 is 0. The third kappa shape index (κ3) is 5.35. The van der Waals surface area contributed by atoms with Crippen LogP contribution in [0.4, 0.5) is 18.9 Å². The molecule has 0 aliphatic carbocycles. The van der Waals surface area contributed by atoms with Gasteiger partial charge in [-0.15, -0.1) is 0 Å². The van der Waals surface area contributed by atoms with E-state index in [4.69, 9.17) is 5.73 Å². The number of nitrogens with two attached hydrogens (primary N) is 1. The van der Waals surface area contributed by atoms with Crippen LogP contribution in [0.15, 0.2) is 18.2 Å². The van der Waals surface area contributed by atoms with Gasteiger partial charge in [0.05, 0.1) is 12.1 Å². The number of benzene rings is 1. The molecule has 118 valence electrons. The first-order valence-electron chi connectivity index (χ1n) is 6.73. The smallest absolute Gasteiger partial charge is 0.326 e. The Balaban J connectivity index is 2.90. The number of carbonyl (C=O) groups is 1. The number of rotatable bonds is 6. The van der Waals surface area contributed by atoms with Crippen LogP contribution in [0.25, 0.3) is 0 Å². The number of amides is 1. The summed E-state index contributed by atoms with van der Waals surface area (Å²) in [4.78, 5) is 13.7. The molecule has 3 N–H and O–H groups in total. The van der Waals surface area contributed by atoms with E-state index in [1.165, 1.54) is 6.07 Å². The lowest BCUT2D eigenvalue weighted by Gasteiger charge is -2.18. The molecule has 0 aliphatic heterocycles. The van der Waals surface area contributed by atoms with Crippen molar-refractivity contribution in [3.8, 4) is 0 Å². The van der Waals surface area contributed by atoms with Gasteiger partial charge < -0.3 is 11.1 Å². The monoisotopic (exact) mass is 303 g/mol. The van der Waals surface area contributed by atoms with Crippen LogP contribution in [0.3, 0.4) is 0 Å². The van der Waals surface area contributed by atoms with Crippen molar-refractivity contribution < 1.29 is 18.0 Å². The van der Waals surface area contributed by atoms with E-state index in [0.29, 0.717) is 18.7 Å². The average Bonchev–Trinajstić information content (AvgIpc) is 2.43. The Morgan fingerprint density at radius 1 is 1.24 bits per heavy atom. The largest absolute Gasteiger partial charge is 0.416 e. The molecule has 0 aromatic heterocycles. The number of halogens is 3. The molecule has 1 aromatic carbocycles. The van der Waals surface area contributed by atoms with Gasteiger partial charge in [-0.3, -0.25) is 9.69 Å². The van der Waals surface area contributed by atoms with Crippen molar-refractivity contribution in [2.24, 2.45) is 5.73 Å². The lowest BCUT2D eigenvalue weighted by Crippen LogP contribution is -2.33. The fourth-order valence-corrected chi connectivity index (χ4v) is 1.90. The quantitative estimate of drug-likeness (QED) is 0.848. The molecule has 4 nitrogen and oxygen atoms in total. The molecular formula is C14H20F3N3O. The third-order valence-corrected chi connectivity index (χ3v) is 3.10. The van der Waals surface area contributed by atoms with Crippen LogP contribution in [0.5, 0.6) is 0 Å². The summed E-state index contributed by atoms with van der Waals surface area (Å²) in [6.45, 7) is 5.33. The topological polar surface area (TPSA) is 58.4 Å². The highest BCUT2D eigenvalue weighted by Gasteiger charge is 2.31. The van der Waals surface area contributed by atoms with E-state index in [1.54, 1.807) is 0 Å². The van der Waals surface area contributed by atoms with Gasteiger partial charge in [0, 0.05) is 12.2 Å². The van der Waals surface area contributed by atoms with E-state index < -0.39 is 11.7 Å². The molecule has 0 atom stereocenters. The zero-order valence-electron chi connectivity index (χ0n) is 12.1. The average molecular weight is 303 g/mol. The van der Waals surface area contributed by atoms with Gasteiger partial charge in [0.15, 0.2) is 0 Å². The lowest BCUT2D eigenvalue weighted by molar-refractivity contribution is -0.137. The molecule has 1 amide bonds. The Morgan fingerprint density at radius 2 is 1.86 bits per heavy atom. The number of alkyl halides is 3. The van der Waals surface area contributed by atoms with Gasteiger partial charge >= 0.3 is 6.18 Å². The minimum Gasteiger partial charge on any atom is -0.326 e. The Kier molecular flexibility index (Phi) is 6.17. The SMILES string of the molecule is CCN(CC)CC(=O)Nc1cc(CN)cc(C(F)(F)F)c1. The summed E-state index contributed by atoms with van der Waals surface area (Å²) in [6.07, 6.45) is -4.47. The number of likely N-dealkylation sites (N-methyl/N-ethyl adjacent to an activating group) is 1. The predicted octanol–water partition coefficient (Wildman–Crippen LogP) is 2.44. The third-order valence-electron chi connectivity index (χ3n) is 3.10.